The molecule has 0 radical (unpaired) electrons. The average molecular weight is 378 g/mol. The van der Waals surface area contributed by atoms with Crippen molar-refractivity contribution in [3.8, 4) is 5.75 Å². The zero-order valence-corrected chi connectivity index (χ0v) is 14.3. The Hall–Kier alpha value is -1.34. The molecule has 0 unspecified atom stereocenters. The first kappa shape index (κ1) is 18.0. The number of ether oxygens (including phenoxy) is 1. The molecular formula is C15H14Cl2FNO3S. The summed E-state index contributed by atoms with van der Waals surface area (Å²) in [5.41, 5.74) is -0.0614. The Bertz CT molecular complexity index is 764. The SMILES string of the molecule is O=S(=O)(Cc1c(F)cccc1Cl)NCCOc1ccccc1Cl. The molecule has 0 amide bonds. The first-order valence-electron chi connectivity index (χ1n) is 6.66. The molecule has 2 aromatic rings. The Balaban J connectivity index is 1.88. The van der Waals surface area contributed by atoms with Crippen LogP contribution in [0.1, 0.15) is 5.56 Å². The van der Waals surface area contributed by atoms with Crippen LogP contribution in [0.5, 0.6) is 5.75 Å². The number of benzene rings is 2. The molecule has 8 heteroatoms. The number of sulfonamides is 1. The quantitative estimate of drug-likeness (QED) is 0.749. The highest BCUT2D eigenvalue weighted by molar-refractivity contribution is 7.88. The largest absolute Gasteiger partial charge is 0.491 e. The van der Waals surface area contributed by atoms with Gasteiger partial charge in [-0.05, 0) is 24.3 Å². The molecule has 0 fully saturated rings. The summed E-state index contributed by atoms with van der Waals surface area (Å²) in [6.45, 7) is 0.119. The maximum Gasteiger partial charge on any atom is 0.216 e. The summed E-state index contributed by atoms with van der Waals surface area (Å²) in [6.07, 6.45) is 0. The van der Waals surface area contributed by atoms with Crippen LogP contribution in [0.4, 0.5) is 4.39 Å². The Morgan fingerprint density at radius 3 is 2.43 bits per heavy atom. The standard InChI is InChI=1S/C15H14Cl2FNO3S/c16-12-5-3-6-14(18)11(12)10-23(20,21)19-8-9-22-15-7-2-1-4-13(15)17/h1-7,19H,8-10H2. The van der Waals surface area contributed by atoms with E-state index in [1.54, 1.807) is 24.3 Å². The molecule has 0 heterocycles. The molecule has 0 bridgehead atoms. The van der Waals surface area contributed by atoms with Gasteiger partial charge in [-0.25, -0.2) is 17.5 Å². The van der Waals surface area contributed by atoms with E-state index in [9.17, 15) is 12.8 Å². The summed E-state index contributed by atoms with van der Waals surface area (Å²) < 4.78 is 45.2. The normalized spacial score (nSPS) is 11.4. The van der Waals surface area contributed by atoms with E-state index in [1.165, 1.54) is 12.1 Å². The van der Waals surface area contributed by atoms with E-state index in [1.807, 2.05) is 0 Å². The highest BCUT2D eigenvalue weighted by Crippen LogP contribution is 2.23. The van der Waals surface area contributed by atoms with E-state index in [0.717, 1.165) is 6.07 Å². The van der Waals surface area contributed by atoms with Crippen molar-refractivity contribution in [2.45, 2.75) is 5.75 Å². The number of para-hydroxylation sites is 1. The van der Waals surface area contributed by atoms with Crippen LogP contribution in [-0.2, 0) is 15.8 Å². The lowest BCUT2D eigenvalue weighted by molar-refractivity contribution is 0.323. The molecule has 124 valence electrons. The van der Waals surface area contributed by atoms with Gasteiger partial charge in [0.15, 0.2) is 0 Å². The molecule has 2 rings (SSSR count). The topological polar surface area (TPSA) is 55.4 Å². The smallest absolute Gasteiger partial charge is 0.216 e. The molecule has 0 aliphatic rings. The Morgan fingerprint density at radius 1 is 1.04 bits per heavy atom. The van der Waals surface area contributed by atoms with Crippen molar-refractivity contribution < 1.29 is 17.5 Å². The fraction of sp³-hybridized carbons (Fsp3) is 0.200. The number of rotatable bonds is 7. The molecule has 0 spiro atoms. The van der Waals surface area contributed by atoms with Gasteiger partial charge in [0.25, 0.3) is 0 Å². The van der Waals surface area contributed by atoms with Crippen molar-refractivity contribution in [2.24, 2.45) is 0 Å². The predicted octanol–water partition coefficient (Wildman–Crippen LogP) is 3.63. The van der Waals surface area contributed by atoms with Crippen LogP contribution in [0.3, 0.4) is 0 Å². The monoisotopic (exact) mass is 377 g/mol. The third-order valence-electron chi connectivity index (χ3n) is 2.91. The van der Waals surface area contributed by atoms with Crippen LogP contribution in [0, 0.1) is 5.82 Å². The van der Waals surface area contributed by atoms with E-state index >= 15 is 0 Å². The van der Waals surface area contributed by atoms with Gasteiger partial charge < -0.3 is 4.74 Å². The summed E-state index contributed by atoms with van der Waals surface area (Å²) in [4.78, 5) is 0. The fourth-order valence-corrected chi connectivity index (χ4v) is 3.50. The van der Waals surface area contributed by atoms with E-state index < -0.39 is 21.6 Å². The second kappa shape index (κ2) is 7.97. The van der Waals surface area contributed by atoms with Gasteiger partial charge in [-0.3, -0.25) is 0 Å². The molecule has 0 saturated heterocycles. The van der Waals surface area contributed by atoms with Crippen LogP contribution >= 0.6 is 23.2 Å². The first-order valence-corrected chi connectivity index (χ1v) is 9.07. The van der Waals surface area contributed by atoms with Crippen molar-refractivity contribution >= 4 is 33.2 Å². The summed E-state index contributed by atoms with van der Waals surface area (Å²) >= 11 is 11.7. The minimum absolute atomic E-state index is 0.0274. The highest BCUT2D eigenvalue weighted by atomic mass is 35.5. The second-order valence-corrected chi connectivity index (χ2v) is 7.25. The van der Waals surface area contributed by atoms with Crippen LogP contribution in [0.15, 0.2) is 42.5 Å². The molecule has 0 aliphatic heterocycles. The lowest BCUT2D eigenvalue weighted by Gasteiger charge is -2.10. The van der Waals surface area contributed by atoms with Gasteiger partial charge in [-0.1, -0.05) is 41.4 Å². The zero-order chi connectivity index (χ0) is 16.9. The Kier molecular flexibility index (Phi) is 6.24. The highest BCUT2D eigenvalue weighted by Gasteiger charge is 2.17. The van der Waals surface area contributed by atoms with E-state index in [-0.39, 0.29) is 23.7 Å². The molecule has 2 aromatic carbocycles. The molecule has 1 N–H and O–H groups in total. The first-order chi connectivity index (χ1) is 10.9. The van der Waals surface area contributed by atoms with E-state index in [0.29, 0.717) is 10.8 Å². The average Bonchev–Trinajstić information content (AvgIpc) is 2.49. The number of hydrogen-bond acceptors (Lipinski definition) is 3. The zero-order valence-electron chi connectivity index (χ0n) is 11.9. The molecular weight excluding hydrogens is 364 g/mol. The maximum atomic E-state index is 13.6. The maximum absolute atomic E-state index is 13.6. The van der Waals surface area contributed by atoms with Gasteiger partial charge in [-0.15, -0.1) is 0 Å². The Labute approximate surface area is 144 Å². The lowest BCUT2D eigenvalue weighted by Crippen LogP contribution is -2.29. The lowest BCUT2D eigenvalue weighted by atomic mass is 10.2. The van der Waals surface area contributed by atoms with Crippen molar-refractivity contribution in [3.05, 3.63) is 63.9 Å². The minimum Gasteiger partial charge on any atom is -0.491 e. The van der Waals surface area contributed by atoms with Crippen molar-refractivity contribution in [1.82, 2.24) is 4.72 Å². The predicted molar refractivity (Wildman–Crippen MR) is 89.0 cm³/mol. The molecule has 0 aromatic heterocycles. The van der Waals surface area contributed by atoms with Crippen molar-refractivity contribution in [1.29, 1.82) is 0 Å². The molecule has 0 aliphatic carbocycles. The van der Waals surface area contributed by atoms with Gasteiger partial charge in [0.1, 0.15) is 18.2 Å². The number of hydrogen-bond donors (Lipinski definition) is 1. The van der Waals surface area contributed by atoms with Crippen LogP contribution in [0.2, 0.25) is 10.0 Å². The van der Waals surface area contributed by atoms with Crippen LogP contribution in [0.25, 0.3) is 0 Å². The van der Waals surface area contributed by atoms with Gasteiger partial charge >= 0.3 is 0 Å². The number of halogens is 3. The fourth-order valence-electron chi connectivity index (χ4n) is 1.83. The third-order valence-corrected chi connectivity index (χ3v) is 4.89. The van der Waals surface area contributed by atoms with Crippen LogP contribution in [-0.4, -0.2) is 21.6 Å². The Morgan fingerprint density at radius 2 is 1.74 bits per heavy atom. The van der Waals surface area contributed by atoms with E-state index in [4.69, 9.17) is 27.9 Å². The molecule has 0 saturated carbocycles. The molecule has 23 heavy (non-hydrogen) atoms. The summed E-state index contributed by atoms with van der Waals surface area (Å²) in [6, 6.07) is 10.9. The summed E-state index contributed by atoms with van der Waals surface area (Å²) in [7, 11) is -3.73. The van der Waals surface area contributed by atoms with Gasteiger partial charge in [0.2, 0.25) is 10.0 Å². The summed E-state index contributed by atoms with van der Waals surface area (Å²) in [5, 5.41) is 0.510. The number of nitrogens with one attached hydrogen (secondary N) is 1. The molecule has 0 atom stereocenters. The van der Waals surface area contributed by atoms with Gasteiger partial charge in [0, 0.05) is 17.1 Å². The van der Waals surface area contributed by atoms with E-state index in [2.05, 4.69) is 4.72 Å². The van der Waals surface area contributed by atoms with Gasteiger partial charge in [0.05, 0.1) is 10.8 Å². The minimum atomic E-state index is -3.73. The van der Waals surface area contributed by atoms with Crippen molar-refractivity contribution in [2.75, 3.05) is 13.2 Å². The summed E-state index contributed by atoms with van der Waals surface area (Å²) in [5.74, 6) is -0.731. The van der Waals surface area contributed by atoms with Crippen molar-refractivity contribution in [3.63, 3.8) is 0 Å². The van der Waals surface area contributed by atoms with Gasteiger partial charge in [-0.2, -0.15) is 0 Å². The second-order valence-electron chi connectivity index (χ2n) is 4.63. The molecule has 4 nitrogen and oxygen atoms in total. The van der Waals surface area contributed by atoms with Crippen LogP contribution < -0.4 is 9.46 Å². The third kappa shape index (κ3) is 5.35.